The molecular formula is C20H22N4O. The van der Waals surface area contributed by atoms with Gasteiger partial charge in [0.05, 0.1) is 0 Å². The average molecular weight is 334 g/mol. The molecule has 0 spiro atoms. The first-order valence-corrected chi connectivity index (χ1v) is 8.52. The summed E-state index contributed by atoms with van der Waals surface area (Å²) in [6.45, 7) is 1.94. The quantitative estimate of drug-likeness (QED) is 0.749. The van der Waals surface area contributed by atoms with Gasteiger partial charge < -0.3 is 20.1 Å². The van der Waals surface area contributed by atoms with E-state index in [-0.39, 0.29) is 6.03 Å². The van der Waals surface area contributed by atoms with E-state index in [2.05, 4.69) is 33.2 Å². The van der Waals surface area contributed by atoms with Crippen molar-refractivity contribution in [3.8, 4) is 0 Å². The summed E-state index contributed by atoms with van der Waals surface area (Å²) in [6, 6.07) is 13.9. The number of rotatable bonds is 2. The summed E-state index contributed by atoms with van der Waals surface area (Å²) in [5.41, 5.74) is 5.38. The minimum Gasteiger partial charge on any atom is -0.351 e. The molecule has 0 bridgehead atoms. The third-order valence-electron chi connectivity index (χ3n) is 4.85. The van der Waals surface area contributed by atoms with Crippen LogP contribution in [0.25, 0.3) is 10.9 Å². The highest BCUT2D eigenvalue weighted by Crippen LogP contribution is 2.26. The van der Waals surface area contributed by atoms with Crippen molar-refractivity contribution in [1.29, 1.82) is 0 Å². The maximum Gasteiger partial charge on any atom is 0.323 e. The topological polar surface area (TPSA) is 49.3 Å². The van der Waals surface area contributed by atoms with E-state index in [1.165, 1.54) is 11.1 Å². The summed E-state index contributed by atoms with van der Waals surface area (Å²) in [5, 5.41) is 7.06. The van der Waals surface area contributed by atoms with E-state index in [1.807, 2.05) is 49.6 Å². The fraction of sp³-hybridized carbons (Fsp3) is 0.250. The lowest BCUT2D eigenvalue weighted by atomic mass is 9.98. The first kappa shape index (κ1) is 15.7. The number of likely N-dealkylation sites (N-methyl/N-ethyl adjacent to an activating group) is 1. The number of carbonyl (C=O) groups excluding carboxylic acids is 1. The molecule has 2 aromatic carbocycles. The van der Waals surface area contributed by atoms with Crippen molar-refractivity contribution in [2.24, 2.45) is 7.05 Å². The summed E-state index contributed by atoms with van der Waals surface area (Å²) in [4.78, 5) is 14.7. The Morgan fingerprint density at radius 3 is 2.84 bits per heavy atom. The van der Waals surface area contributed by atoms with E-state index in [1.54, 1.807) is 0 Å². The molecule has 128 valence electrons. The minimum atomic E-state index is -0.206. The van der Waals surface area contributed by atoms with E-state index < -0.39 is 0 Å². The van der Waals surface area contributed by atoms with Gasteiger partial charge >= 0.3 is 6.03 Å². The Morgan fingerprint density at radius 1 is 1.08 bits per heavy atom. The number of nitrogens with zero attached hydrogens (tertiary/aromatic N) is 2. The highest BCUT2D eigenvalue weighted by molar-refractivity contribution is 6.01. The maximum absolute atomic E-state index is 12.4. The third kappa shape index (κ3) is 3.10. The molecule has 0 fully saturated rings. The average Bonchev–Trinajstić information content (AvgIpc) is 2.95. The fourth-order valence-corrected chi connectivity index (χ4v) is 3.51. The van der Waals surface area contributed by atoms with Crippen LogP contribution in [-0.2, 0) is 20.0 Å². The number of anilines is 2. The largest absolute Gasteiger partial charge is 0.351 e. The first-order valence-electron chi connectivity index (χ1n) is 8.52. The molecule has 5 nitrogen and oxygen atoms in total. The van der Waals surface area contributed by atoms with Crippen molar-refractivity contribution in [2.45, 2.75) is 13.0 Å². The highest BCUT2D eigenvalue weighted by atomic mass is 16.2. The SMILES string of the molecule is CN1CCc2c(cccc2NC(=O)Nc2ccc3c(ccn3C)c2)C1. The standard InChI is InChI=1S/C20H22N4O/c1-23-10-9-17-15(13-23)4-3-5-18(17)22-20(25)21-16-6-7-19-14(12-16)8-11-24(19)2/h3-8,11-12H,9-10,13H2,1-2H3,(H2,21,22,25). The summed E-state index contributed by atoms with van der Waals surface area (Å²) >= 11 is 0. The lowest BCUT2D eigenvalue weighted by molar-refractivity contribution is 0.262. The fourth-order valence-electron chi connectivity index (χ4n) is 3.51. The van der Waals surface area contributed by atoms with Crippen LogP contribution in [0.15, 0.2) is 48.7 Å². The van der Waals surface area contributed by atoms with Gasteiger partial charge in [-0.3, -0.25) is 0 Å². The van der Waals surface area contributed by atoms with Crippen molar-refractivity contribution in [3.05, 3.63) is 59.8 Å². The van der Waals surface area contributed by atoms with E-state index >= 15 is 0 Å². The Morgan fingerprint density at radius 2 is 1.96 bits per heavy atom. The van der Waals surface area contributed by atoms with Gasteiger partial charge in [0.2, 0.25) is 0 Å². The van der Waals surface area contributed by atoms with Gasteiger partial charge in [-0.2, -0.15) is 0 Å². The molecule has 0 saturated carbocycles. The molecule has 4 rings (SSSR count). The Balaban J connectivity index is 1.51. The second-order valence-corrected chi connectivity index (χ2v) is 6.71. The summed E-state index contributed by atoms with van der Waals surface area (Å²) in [6.07, 6.45) is 2.97. The van der Waals surface area contributed by atoms with Gasteiger partial charge in [-0.1, -0.05) is 12.1 Å². The van der Waals surface area contributed by atoms with Crippen LogP contribution in [0.3, 0.4) is 0 Å². The molecule has 2 amide bonds. The van der Waals surface area contributed by atoms with E-state index in [9.17, 15) is 4.79 Å². The van der Waals surface area contributed by atoms with Crippen LogP contribution in [0.2, 0.25) is 0 Å². The van der Waals surface area contributed by atoms with Gasteiger partial charge in [-0.05, 0) is 54.9 Å². The third-order valence-corrected chi connectivity index (χ3v) is 4.85. The Labute approximate surface area is 147 Å². The molecule has 0 atom stereocenters. The predicted molar refractivity (Wildman–Crippen MR) is 102 cm³/mol. The molecule has 1 aromatic heterocycles. The molecule has 25 heavy (non-hydrogen) atoms. The van der Waals surface area contributed by atoms with Crippen LogP contribution < -0.4 is 10.6 Å². The van der Waals surface area contributed by atoms with E-state index in [0.29, 0.717) is 0 Å². The summed E-state index contributed by atoms with van der Waals surface area (Å²) in [7, 11) is 4.13. The van der Waals surface area contributed by atoms with Crippen LogP contribution in [0.1, 0.15) is 11.1 Å². The van der Waals surface area contributed by atoms with Gasteiger partial charge in [0.25, 0.3) is 0 Å². The number of amides is 2. The first-order chi connectivity index (χ1) is 12.1. The zero-order valence-electron chi connectivity index (χ0n) is 14.5. The lowest BCUT2D eigenvalue weighted by Gasteiger charge is -2.26. The Bertz CT molecular complexity index is 944. The second-order valence-electron chi connectivity index (χ2n) is 6.71. The van der Waals surface area contributed by atoms with Crippen LogP contribution in [-0.4, -0.2) is 29.1 Å². The molecule has 2 heterocycles. The van der Waals surface area contributed by atoms with Crippen LogP contribution in [0, 0.1) is 0 Å². The van der Waals surface area contributed by atoms with Crippen LogP contribution in [0.5, 0.6) is 0 Å². The highest BCUT2D eigenvalue weighted by Gasteiger charge is 2.17. The van der Waals surface area contributed by atoms with Crippen LogP contribution >= 0.6 is 0 Å². The maximum atomic E-state index is 12.4. The van der Waals surface area contributed by atoms with Gasteiger partial charge in [0.1, 0.15) is 0 Å². The summed E-state index contributed by atoms with van der Waals surface area (Å²) in [5.74, 6) is 0. The number of urea groups is 1. The smallest absolute Gasteiger partial charge is 0.323 e. The Kier molecular flexibility index (Phi) is 3.93. The minimum absolute atomic E-state index is 0.206. The molecule has 0 aliphatic carbocycles. The number of nitrogens with one attached hydrogen (secondary N) is 2. The van der Waals surface area contributed by atoms with E-state index in [4.69, 9.17) is 0 Å². The molecule has 0 saturated heterocycles. The number of hydrogen-bond donors (Lipinski definition) is 2. The van der Waals surface area contributed by atoms with Gasteiger partial charge in [-0.25, -0.2) is 4.79 Å². The number of benzene rings is 2. The molecule has 1 aliphatic rings. The van der Waals surface area contributed by atoms with Crippen molar-refractivity contribution in [1.82, 2.24) is 9.47 Å². The zero-order chi connectivity index (χ0) is 17.4. The lowest BCUT2D eigenvalue weighted by Crippen LogP contribution is -2.28. The van der Waals surface area contributed by atoms with Gasteiger partial charge in [-0.15, -0.1) is 0 Å². The number of fused-ring (bicyclic) bond motifs is 2. The zero-order valence-corrected chi connectivity index (χ0v) is 14.5. The number of aryl methyl sites for hydroxylation is 1. The molecule has 1 aliphatic heterocycles. The number of aromatic nitrogens is 1. The van der Waals surface area contributed by atoms with Crippen molar-refractivity contribution in [2.75, 3.05) is 24.2 Å². The van der Waals surface area contributed by atoms with E-state index in [0.717, 1.165) is 41.8 Å². The molecule has 0 radical (unpaired) electrons. The molecule has 5 heteroatoms. The molecular weight excluding hydrogens is 312 g/mol. The van der Waals surface area contributed by atoms with Gasteiger partial charge in [0.15, 0.2) is 0 Å². The Hall–Kier alpha value is -2.79. The van der Waals surface area contributed by atoms with Crippen molar-refractivity contribution >= 4 is 28.3 Å². The molecule has 3 aromatic rings. The summed E-state index contributed by atoms with van der Waals surface area (Å²) < 4.78 is 2.06. The number of hydrogen-bond acceptors (Lipinski definition) is 2. The monoisotopic (exact) mass is 334 g/mol. The molecule has 2 N–H and O–H groups in total. The number of carbonyl (C=O) groups is 1. The predicted octanol–water partition coefficient (Wildman–Crippen LogP) is 3.81. The normalized spacial score (nSPS) is 14.3. The van der Waals surface area contributed by atoms with Gasteiger partial charge in [0, 0.05) is 48.6 Å². The second kappa shape index (κ2) is 6.26. The van der Waals surface area contributed by atoms with Crippen molar-refractivity contribution < 1.29 is 4.79 Å². The van der Waals surface area contributed by atoms with Crippen molar-refractivity contribution in [3.63, 3.8) is 0 Å². The molecule has 0 unspecified atom stereocenters. The van der Waals surface area contributed by atoms with Crippen LogP contribution in [0.4, 0.5) is 16.2 Å².